The Kier molecular flexibility index (Phi) is 5.64. The van der Waals surface area contributed by atoms with Crippen LogP contribution in [0.25, 0.3) is 0 Å². The summed E-state index contributed by atoms with van der Waals surface area (Å²) >= 11 is 0. The van der Waals surface area contributed by atoms with Gasteiger partial charge < -0.3 is 14.7 Å². The van der Waals surface area contributed by atoms with Crippen molar-refractivity contribution in [2.45, 2.75) is 24.8 Å². The van der Waals surface area contributed by atoms with E-state index in [1.807, 2.05) is 6.92 Å². The highest BCUT2D eigenvalue weighted by Crippen LogP contribution is 2.14. The first kappa shape index (κ1) is 18.5. The molecule has 10 heteroatoms. The van der Waals surface area contributed by atoms with Crippen molar-refractivity contribution >= 4 is 15.9 Å². The van der Waals surface area contributed by atoms with Gasteiger partial charge in [0.1, 0.15) is 0 Å². The molecule has 0 atom stereocenters. The molecule has 140 valence electrons. The molecular formula is C16H21N5O4S. The van der Waals surface area contributed by atoms with Crippen LogP contribution in [0.15, 0.2) is 33.7 Å². The summed E-state index contributed by atoms with van der Waals surface area (Å²) < 4.78 is 32.4. The lowest BCUT2D eigenvalue weighted by Gasteiger charge is -2.27. The highest BCUT2D eigenvalue weighted by Gasteiger charge is 2.21. The third-order valence-corrected chi connectivity index (χ3v) is 5.43. The summed E-state index contributed by atoms with van der Waals surface area (Å²) in [6.45, 7) is 4.44. The molecule has 0 unspecified atom stereocenters. The fourth-order valence-electron chi connectivity index (χ4n) is 2.59. The number of piperazine rings is 1. The maximum Gasteiger partial charge on any atom is 0.253 e. The number of hydrogen-bond acceptors (Lipinski definition) is 7. The Morgan fingerprint density at radius 1 is 1.35 bits per heavy atom. The number of carbonyl (C=O) groups is 1. The number of nitrogens with zero attached hydrogens (tertiary/aromatic N) is 3. The van der Waals surface area contributed by atoms with E-state index in [9.17, 15) is 13.2 Å². The van der Waals surface area contributed by atoms with Gasteiger partial charge in [0.25, 0.3) is 5.91 Å². The van der Waals surface area contributed by atoms with E-state index in [1.165, 1.54) is 12.1 Å². The van der Waals surface area contributed by atoms with E-state index < -0.39 is 10.0 Å². The molecule has 0 bridgehead atoms. The van der Waals surface area contributed by atoms with E-state index in [2.05, 4.69) is 20.2 Å². The van der Waals surface area contributed by atoms with Crippen LogP contribution in [-0.2, 0) is 23.0 Å². The van der Waals surface area contributed by atoms with Crippen LogP contribution in [-0.4, -0.2) is 55.5 Å². The lowest BCUT2D eigenvalue weighted by molar-refractivity contribution is 0.0735. The number of amides is 1. The predicted octanol–water partition coefficient (Wildman–Crippen LogP) is 0.156. The van der Waals surface area contributed by atoms with Crippen molar-refractivity contribution in [1.29, 1.82) is 0 Å². The minimum Gasteiger partial charge on any atom is -0.338 e. The number of carbonyl (C=O) groups excluding carboxylic acids is 1. The van der Waals surface area contributed by atoms with Crippen LogP contribution < -0.4 is 10.0 Å². The normalized spacial score (nSPS) is 15.2. The van der Waals surface area contributed by atoms with E-state index in [0.29, 0.717) is 30.9 Å². The molecule has 2 N–H and O–H groups in total. The van der Waals surface area contributed by atoms with Gasteiger partial charge >= 0.3 is 0 Å². The van der Waals surface area contributed by atoms with E-state index in [-0.39, 0.29) is 23.2 Å². The number of rotatable bonds is 6. The van der Waals surface area contributed by atoms with Gasteiger partial charge in [0.05, 0.1) is 11.4 Å². The summed E-state index contributed by atoms with van der Waals surface area (Å²) in [5.41, 5.74) is 0.348. The van der Waals surface area contributed by atoms with Gasteiger partial charge in [0.15, 0.2) is 5.82 Å². The molecule has 1 aliphatic rings. The quantitative estimate of drug-likeness (QED) is 0.734. The lowest BCUT2D eigenvalue weighted by atomic mass is 10.2. The molecule has 1 aromatic carbocycles. The summed E-state index contributed by atoms with van der Waals surface area (Å²) in [7, 11) is -3.80. The van der Waals surface area contributed by atoms with Gasteiger partial charge in [-0.2, -0.15) is 4.98 Å². The molecule has 0 spiro atoms. The van der Waals surface area contributed by atoms with Crippen molar-refractivity contribution in [3.05, 3.63) is 41.5 Å². The minimum atomic E-state index is -3.80. The van der Waals surface area contributed by atoms with Crippen LogP contribution in [0.3, 0.4) is 0 Å². The SMILES string of the molecule is CCc1noc(CNS(=O)(=O)c2cccc(C(=O)N3CCNCC3)c2)n1. The molecule has 1 fully saturated rings. The average molecular weight is 379 g/mol. The largest absolute Gasteiger partial charge is 0.338 e. The molecule has 2 aromatic rings. The van der Waals surface area contributed by atoms with E-state index in [1.54, 1.807) is 17.0 Å². The van der Waals surface area contributed by atoms with Crippen molar-refractivity contribution in [3.63, 3.8) is 0 Å². The van der Waals surface area contributed by atoms with E-state index in [4.69, 9.17) is 4.52 Å². The molecule has 3 rings (SSSR count). The van der Waals surface area contributed by atoms with Crippen LogP contribution in [0, 0.1) is 0 Å². The first-order chi connectivity index (χ1) is 12.5. The molecule has 0 aliphatic carbocycles. The summed E-state index contributed by atoms with van der Waals surface area (Å²) in [5, 5.41) is 6.90. The van der Waals surface area contributed by atoms with Gasteiger partial charge in [0.2, 0.25) is 15.9 Å². The average Bonchev–Trinajstić information content (AvgIpc) is 3.15. The van der Waals surface area contributed by atoms with E-state index in [0.717, 1.165) is 13.1 Å². The van der Waals surface area contributed by atoms with Crippen LogP contribution >= 0.6 is 0 Å². The summed E-state index contributed by atoms with van der Waals surface area (Å²) in [4.78, 5) is 18.3. The molecule has 9 nitrogen and oxygen atoms in total. The van der Waals surface area contributed by atoms with Gasteiger partial charge in [-0.25, -0.2) is 13.1 Å². The van der Waals surface area contributed by atoms with Crippen molar-refractivity contribution in [2.24, 2.45) is 0 Å². The molecule has 2 heterocycles. The molecular weight excluding hydrogens is 358 g/mol. The second-order valence-corrected chi connectivity index (χ2v) is 7.62. The number of hydrogen-bond donors (Lipinski definition) is 2. The topological polar surface area (TPSA) is 117 Å². The molecule has 0 radical (unpaired) electrons. The summed E-state index contributed by atoms with van der Waals surface area (Å²) in [6, 6.07) is 6.01. The second-order valence-electron chi connectivity index (χ2n) is 5.85. The molecule has 0 saturated carbocycles. The number of aromatic nitrogens is 2. The summed E-state index contributed by atoms with van der Waals surface area (Å²) in [6.07, 6.45) is 0.604. The van der Waals surface area contributed by atoms with Crippen molar-refractivity contribution in [2.75, 3.05) is 26.2 Å². The van der Waals surface area contributed by atoms with Crippen LogP contribution in [0.1, 0.15) is 29.0 Å². The Labute approximate surface area is 151 Å². The smallest absolute Gasteiger partial charge is 0.253 e. The monoisotopic (exact) mass is 379 g/mol. The zero-order valence-corrected chi connectivity index (χ0v) is 15.3. The van der Waals surface area contributed by atoms with Gasteiger partial charge in [-0.05, 0) is 18.2 Å². The Morgan fingerprint density at radius 3 is 2.81 bits per heavy atom. The Morgan fingerprint density at radius 2 is 2.12 bits per heavy atom. The standard InChI is InChI=1S/C16H21N5O4S/c1-2-14-19-15(25-20-14)11-18-26(23,24)13-5-3-4-12(10-13)16(22)21-8-6-17-7-9-21/h3-5,10,17-18H,2,6-9,11H2,1H3. The molecule has 1 saturated heterocycles. The molecule has 1 amide bonds. The van der Waals surface area contributed by atoms with Gasteiger partial charge in [-0.15, -0.1) is 0 Å². The first-order valence-electron chi connectivity index (χ1n) is 8.41. The second kappa shape index (κ2) is 7.94. The summed E-state index contributed by atoms with van der Waals surface area (Å²) in [5.74, 6) is 0.536. The highest BCUT2D eigenvalue weighted by atomic mass is 32.2. The van der Waals surface area contributed by atoms with E-state index >= 15 is 0 Å². The number of benzene rings is 1. The van der Waals surface area contributed by atoms with Gasteiger partial charge in [-0.1, -0.05) is 18.1 Å². The third-order valence-electron chi connectivity index (χ3n) is 4.04. The zero-order chi connectivity index (χ0) is 18.6. The predicted molar refractivity (Wildman–Crippen MR) is 92.9 cm³/mol. The van der Waals surface area contributed by atoms with Crippen molar-refractivity contribution in [3.8, 4) is 0 Å². The Balaban J connectivity index is 1.72. The molecule has 1 aliphatic heterocycles. The van der Waals surface area contributed by atoms with Crippen LogP contribution in [0.4, 0.5) is 0 Å². The number of nitrogens with one attached hydrogen (secondary N) is 2. The number of sulfonamides is 1. The van der Waals surface area contributed by atoms with Crippen molar-refractivity contribution in [1.82, 2.24) is 25.1 Å². The Bertz CT molecular complexity index is 874. The van der Waals surface area contributed by atoms with Crippen LogP contribution in [0.5, 0.6) is 0 Å². The maximum absolute atomic E-state index is 12.5. The van der Waals surface area contributed by atoms with Crippen molar-refractivity contribution < 1.29 is 17.7 Å². The van der Waals surface area contributed by atoms with Gasteiger partial charge in [-0.3, -0.25) is 4.79 Å². The minimum absolute atomic E-state index is 0.0220. The Hall–Kier alpha value is -2.30. The zero-order valence-electron chi connectivity index (χ0n) is 14.4. The van der Waals surface area contributed by atoms with Gasteiger partial charge in [0, 0.05) is 38.2 Å². The lowest BCUT2D eigenvalue weighted by Crippen LogP contribution is -2.46. The molecule has 26 heavy (non-hydrogen) atoms. The third kappa shape index (κ3) is 4.26. The fourth-order valence-corrected chi connectivity index (χ4v) is 3.61. The first-order valence-corrected chi connectivity index (χ1v) is 9.89. The highest BCUT2D eigenvalue weighted by molar-refractivity contribution is 7.89. The fraction of sp³-hybridized carbons (Fsp3) is 0.438. The number of aryl methyl sites for hydroxylation is 1. The maximum atomic E-state index is 12.5. The molecule has 1 aromatic heterocycles. The van der Waals surface area contributed by atoms with Crippen LogP contribution in [0.2, 0.25) is 0 Å².